The van der Waals surface area contributed by atoms with Crippen LogP contribution >= 0.6 is 24.0 Å². The maximum absolute atomic E-state index is 12.3. The number of methoxy groups -OCH3 is 1. The van der Waals surface area contributed by atoms with Gasteiger partial charge < -0.3 is 9.64 Å². The number of ether oxygens (including phenoxy) is 1. The monoisotopic (exact) mass is 350 g/mol. The smallest absolute Gasteiger partial charge is 0.266 e. The number of carbonyl (C=O) groups is 1. The molecule has 6 heteroatoms. The standard InChI is InChI=1S/C17H22N2O2S2/c1-5-18(6-2)13-9-8-12(14(11-13)21-4)10-15-16(20)19(7-3)17(22)23-15/h8-11H,5-7H2,1-4H3/b15-10-. The lowest BCUT2D eigenvalue weighted by molar-refractivity contribution is -0.121. The maximum Gasteiger partial charge on any atom is 0.266 e. The predicted molar refractivity (Wildman–Crippen MR) is 102 cm³/mol. The highest BCUT2D eigenvalue weighted by molar-refractivity contribution is 8.26. The summed E-state index contributed by atoms with van der Waals surface area (Å²) < 4.78 is 6.13. The molecule has 0 radical (unpaired) electrons. The normalized spacial score (nSPS) is 16.3. The van der Waals surface area contributed by atoms with E-state index in [9.17, 15) is 4.79 Å². The molecule has 124 valence electrons. The van der Waals surface area contributed by atoms with Gasteiger partial charge in [-0.15, -0.1) is 0 Å². The van der Waals surface area contributed by atoms with Crippen LogP contribution in [0, 0.1) is 0 Å². The van der Waals surface area contributed by atoms with E-state index in [0.717, 1.165) is 30.1 Å². The molecular formula is C17H22N2O2S2. The summed E-state index contributed by atoms with van der Waals surface area (Å²) >= 11 is 6.59. The van der Waals surface area contributed by atoms with E-state index in [4.69, 9.17) is 17.0 Å². The van der Waals surface area contributed by atoms with Crippen LogP contribution in [-0.2, 0) is 4.79 Å². The summed E-state index contributed by atoms with van der Waals surface area (Å²) in [6.07, 6.45) is 1.86. The highest BCUT2D eigenvalue weighted by atomic mass is 32.2. The molecule has 1 saturated heterocycles. The Hall–Kier alpha value is -1.53. The molecule has 1 aromatic rings. The van der Waals surface area contributed by atoms with E-state index < -0.39 is 0 Å². The van der Waals surface area contributed by atoms with E-state index in [1.165, 1.54) is 11.8 Å². The Labute approximate surface area is 147 Å². The highest BCUT2D eigenvalue weighted by Gasteiger charge is 2.30. The number of carbonyl (C=O) groups excluding carboxylic acids is 1. The Morgan fingerprint density at radius 1 is 1.30 bits per heavy atom. The number of hydrogen-bond acceptors (Lipinski definition) is 5. The third-order valence-electron chi connectivity index (χ3n) is 3.82. The Bertz CT molecular complexity index is 639. The maximum atomic E-state index is 12.3. The van der Waals surface area contributed by atoms with Crippen LogP contribution in [0.25, 0.3) is 6.08 Å². The first-order chi connectivity index (χ1) is 11.0. The van der Waals surface area contributed by atoms with Crippen molar-refractivity contribution in [3.63, 3.8) is 0 Å². The van der Waals surface area contributed by atoms with E-state index in [0.29, 0.717) is 15.8 Å². The SMILES string of the molecule is CCN1C(=O)/C(=C/c2ccc(N(CC)CC)cc2OC)SC1=S. The van der Waals surface area contributed by atoms with E-state index in [1.807, 2.05) is 25.1 Å². The molecule has 4 nitrogen and oxygen atoms in total. The predicted octanol–water partition coefficient (Wildman–Crippen LogP) is 3.76. The molecule has 0 unspecified atom stereocenters. The zero-order chi connectivity index (χ0) is 17.0. The molecule has 1 aromatic carbocycles. The van der Waals surface area contributed by atoms with Crippen molar-refractivity contribution in [2.45, 2.75) is 20.8 Å². The van der Waals surface area contributed by atoms with Gasteiger partial charge in [0, 0.05) is 37.0 Å². The number of rotatable bonds is 6. The Morgan fingerprint density at radius 3 is 2.52 bits per heavy atom. The van der Waals surface area contributed by atoms with Crippen molar-refractivity contribution in [2.24, 2.45) is 0 Å². The van der Waals surface area contributed by atoms with Crippen molar-refractivity contribution in [3.8, 4) is 5.75 Å². The third kappa shape index (κ3) is 3.70. The van der Waals surface area contributed by atoms with Crippen LogP contribution in [0.2, 0.25) is 0 Å². The second kappa shape index (κ2) is 7.84. The van der Waals surface area contributed by atoms with Crippen molar-refractivity contribution in [1.82, 2.24) is 4.90 Å². The first-order valence-electron chi connectivity index (χ1n) is 7.74. The van der Waals surface area contributed by atoms with E-state index in [-0.39, 0.29) is 5.91 Å². The van der Waals surface area contributed by atoms with Crippen molar-refractivity contribution < 1.29 is 9.53 Å². The van der Waals surface area contributed by atoms with Gasteiger partial charge in [-0.3, -0.25) is 9.69 Å². The van der Waals surface area contributed by atoms with Crippen LogP contribution in [0.15, 0.2) is 23.1 Å². The summed E-state index contributed by atoms with van der Waals surface area (Å²) in [6.45, 7) is 8.65. The molecule has 1 heterocycles. The first-order valence-corrected chi connectivity index (χ1v) is 8.96. The van der Waals surface area contributed by atoms with Crippen LogP contribution < -0.4 is 9.64 Å². The number of thiocarbonyl (C=S) groups is 1. The Morgan fingerprint density at radius 2 is 2.00 bits per heavy atom. The number of benzene rings is 1. The van der Waals surface area contributed by atoms with Gasteiger partial charge in [-0.05, 0) is 39.0 Å². The van der Waals surface area contributed by atoms with Crippen molar-refractivity contribution in [1.29, 1.82) is 0 Å². The molecule has 0 aromatic heterocycles. The largest absolute Gasteiger partial charge is 0.496 e. The molecule has 0 aliphatic carbocycles. The molecule has 0 atom stereocenters. The third-order valence-corrected chi connectivity index (χ3v) is 5.20. The Kier molecular flexibility index (Phi) is 6.07. The topological polar surface area (TPSA) is 32.8 Å². The zero-order valence-electron chi connectivity index (χ0n) is 14.0. The summed E-state index contributed by atoms with van der Waals surface area (Å²) in [5, 5.41) is 0. The quantitative estimate of drug-likeness (QED) is 0.576. The molecule has 1 aliphatic heterocycles. The summed E-state index contributed by atoms with van der Waals surface area (Å²) in [6, 6.07) is 6.06. The second-order valence-corrected chi connectivity index (χ2v) is 6.70. The van der Waals surface area contributed by atoms with Crippen molar-refractivity contribution >= 4 is 46.0 Å². The van der Waals surface area contributed by atoms with Gasteiger partial charge in [0.05, 0.1) is 12.0 Å². The van der Waals surface area contributed by atoms with Gasteiger partial charge in [-0.2, -0.15) is 0 Å². The molecule has 0 N–H and O–H groups in total. The minimum atomic E-state index is -0.0302. The average molecular weight is 351 g/mol. The van der Waals surface area contributed by atoms with Gasteiger partial charge in [-0.1, -0.05) is 24.0 Å². The molecule has 0 spiro atoms. The molecule has 1 aliphatic rings. The van der Waals surface area contributed by atoms with Gasteiger partial charge in [0.1, 0.15) is 10.1 Å². The fourth-order valence-corrected chi connectivity index (χ4v) is 3.89. The minimum absolute atomic E-state index is 0.0302. The molecule has 23 heavy (non-hydrogen) atoms. The number of hydrogen-bond donors (Lipinski definition) is 0. The number of anilines is 1. The summed E-state index contributed by atoms with van der Waals surface area (Å²) in [7, 11) is 1.65. The number of nitrogens with zero attached hydrogens (tertiary/aromatic N) is 2. The minimum Gasteiger partial charge on any atom is -0.496 e. The van der Waals surface area contributed by atoms with Gasteiger partial charge in [0.25, 0.3) is 5.91 Å². The van der Waals surface area contributed by atoms with Crippen LogP contribution in [0.5, 0.6) is 5.75 Å². The fourth-order valence-electron chi connectivity index (χ4n) is 2.52. The van der Waals surface area contributed by atoms with Gasteiger partial charge in [-0.25, -0.2) is 0 Å². The highest BCUT2D eigenvalue weighted by Crippen LogP contribution is 2.35. The van der Waals surface area contributed by atoms with E-state index >= 15 is 0 Å². The molecule has 1 fully saturated rings. The average Bonchev–Trinajstić information content (AvgIpc) is 2.83. The van der Waals surface area contributed by atoms with Crippen LogP contribution in [0.4, 0.5) is 5.69 Å². The molecule has 0 saturated carbocycles. The lowest BCUT2D eigenvalue weighted by Gasteiger charge is -2.22. The van der Waals surface area contributed by atoms with Gasteiger partial charge in [0.15, 0.2) is 0 Å². The van der Waals surface area contributed by atoms with Crippen LogP contribution in [-0.4, -0.2) is 41.9 Å². The zero-order valence-corrected chi connectivity index (χ0v) is 15.6. The molecule has 2 rings (SSSR count). The summed E-state index contributed by atoms with van der Waals surface area (Å²) in [5.74, 6) is 0.730. The number of amides is 1. The van der Waals surface area contributed by atoms with E-state index in [2.05, 4.69) is 24.8 Å². The summed E-state index contributed by atoms with van der Waals surface area (Å²) in [4.78, 5) is 16.8. The lowest BCUT2D eigenvalue weighted by atomic mass is 10.1. The first kappa shape index (κ1) is 17.8. The lowest BCUT2D eigenvalue weighted by Crippen LogP contribution is -2.27. The van der Waals surface area contributed by atoms with E-state index in [1.54, 1.807) is 12.0 Å². The molecule has 1 amide bonds. The molecule has 0 bridgehead atoms. The molecular weight excluding hydrogens is 328 g/mol. The van der Waals surface area contributed by atoms with Crippen LogP contribution in [0.3, 0.4) is 0 Å². The van der Waals surface area contributed by atoms with Crippen molar-refractivity contribution in [3.05, 3.63) is 28.7 Å². The summed E-state index contributed by atoms with van der Waals surface area (Å²) in [5.41, 5.74) is 2.00. The number of thioether (sulfide) groups is 1. The number of likely N-dealkylation sites (N-methyl/N-ethyl adjacent to an activating group) is 1. The second-order valence-electron chi connectivity index (χ2n) is 5.02. The van der Waals surface area contributed by atoms with Gasteiger partial charge >= 0.3 is 0 Å². The Balaban J connectivity index is 2.35. The van der Waals surface area contributed by atoms with Crippen LogP contribution in [0.1, 0.15) is 26.3 Å². The van der Waals surface area contributed by atoms with Gasteiger partial charge in [0.2, 0.25) is 0 Å². The fraction of sp³-hybridized carbons (Fsp3) is 0.412. The van der Waals surface area contributed by atoms with Crippen molar-refractivity contribution in [2.75, 3.05) is 31.6 Å².